The Morgan fingerprint density at radius 2 is 2.18 bits per heavy atom. The molecule has 1 aliphatic heterocycles. The monoisotopic (exact) mass is 315 g/mol. The van der Waals surface area contributed by atoms with Gasteiger partial charge in [0.15, 0.2) is 5.17 Å². The van der Waals surface area contributed by atoms with E-state index in [2.05, 4.69) is 46.1 Å². The molecule has 1 aromatic rings. The van der Waals surface area contributed by atoms with E-state index in [9.17, 15) is 0 Å². The highest BCUT2D eigenvalue weighted by atomic mass is 79.9. The third-order valence-electron chi connectivity index (χ3n) is 2.83. The fourth-order valence-corrected chi connectivity index (χ4v) is 2.67. The molecule has 0 amide bonds. The molecule has 1 atom stereocenters. The van der Waals surface area contributed by atoms with Crippen LogP contribution in [0.15, 0.2) is 27.8 Å². The van der Waals surface area contributed by atoms with Crippen LogP contribution in [0.1, 0.15) is 17.2 Å². The van der Waals surface area contributed by atoms with E-state index in [1.165, 1.54) is 5.56 Å². The van der Waals surface area contributed by atoms with E-state index in [4.69, 9.17) is 11.6 Å². The molecule has 1 aromatic carbocycles. The quantitative estimate of drug-likeness (QED) is 0.835. The number of hydrazone groups is 1. The van der Waals surface area contributed by atoms with E-state index in [1.54, 1.807) is 0 Å². The summed E-state index contributed by atoms with van der Waals surface area (Å²) < 4.78 is 1.03. The van der Waals surface area contributed by atoms with E-state index in [0.29, 0.717) is 5.17 Å². The van der Waals surface area contributed by atoms with Crippen molar-refractivity contribution in [1.82, 2.24) is 9.91 Å². The van der Waals surface area contributed by atoms with Gasteiger partial charge in [-0.2, -0.15) is 5.10 Å². The summed E-state index contributed by atoms with van der Waals surface area (Å²) in [6.07, 6.45) is 0. The first-order valence-corrected chi connectivity index (χ1v) is 6.57. The third-order valence-corrected chi connectivity index (χ3v) is 3.60. The van der Waals surface area contributed by atoms with Gasteiger partial charge in [0.1, 0.15) is 0 Å². The van der Waals surface area contributed by atoms with Crippen LogP contribution in [0.2, 0.25) is 0 Å². The van der Waals surface area contributed by atoms with E-state index < -0.39 is 0 Å². The van der Waals surface area contributed by atoms with Gasteiger partial charge < -0.3 is 4.90 Å². The minimum Gasteiger partial charge on any atom is -0.307 e. The second-order valence-corrected chi connectivity index (χ2v) is 5.75. The molecule has 1 unspecified atom stereocenters. The Kier molecular flexibility index (Phi) is 3.76. The van der Waals surface area contributed by atoms with Crippen LogP contribution in [0.5, 0.6) is 0 Å². The third kappa shape index (κ3) is 2.64. The summed E-state index contributed by atoms with van der Waals surface area (Å²) in [7, 11) is 6.08. The highest BCUT2D eigenvalue weighted by molar-refractivity contribution is 9.10. The zero-order chi connectivity index (χ0) is 12.6. The first-order chi connectivity index (χ1) is 7.99. The van der Waals surface area contributed by atoms with Gasteiger partial charge in [-0.15, -0.1) is 0 Å². The van der Waals surface area contributed by atoms with Crippen molar-refractivity contribution < 1.29 is 0 Å². The fraction of sp³-hybridized carbons (Fsp3) is 0.417. The van der Waals surface area contributed by atoms with Crippen LogP contribution in [-0.4, -0.2) is 42.8 Å². The number of benzene rings is 1. The number of hydrogen-bond donors (Lipinski definition) is 0. The number of nitrogens with zero attached hydrogens (tertiary/aromatic N) is 3. The molecule has 92 valence electrons. The maximum absolute atomic E-state index is 6.19. The zero-order valence-electron chi connectivity index (χ0n) is 10.1. The Morgan fingerprint density at radius 1 is 1.47 bits per heavy atom. The number of fused-ring (bicyclic) bond motifs is 1. The summed E-state index contributed by atoms with van der Waals surface area (Å²) in [5.41, 5.74) is 2.25. The fourth-order valence-electron chi connectivity index (χ4n) is 2.02. The number of hydrogen-bond acceptors (Lipinski definition) is 3. The summed E-state index contributed by atoms with van der Waals surface area (Å²) in [5.74, 6) is 0. The predicted molar refractivity (Wildman–Crippen MR) is 75.6 cm³/mol. The van der Waals surface area contributed by atoms with Crippen molar-refractivity contribution in [2.24, 2.45) is 5.10 Å². The van der Waals surface area contributed by atoms with Crippen molar-refractivity contribution in [3.8, 4) is 0 Å². The Balaban J connectivity index is 2.45. The van der Waals surface area contributed by atoms with E-state index in [1.807, 2.05) is 24.2 Å². The Hall–Kier alpha value is -0.580. The Bertz CT molecular complexity index is 459. The molecule has 0 radical (unpaired) electrons. The van der Waals surface area contributed by atoms with Gasteiger partial charge >= 0.3 is 0 Å². The molecule has 0 N–H and O–H groups in total. The van der Waals surface area contributed by atoms with Gasteiger partial charge in [0, 0.05) is 23.6 Å². The normalized spacial score (nSPS) is 19.3. The lowest BCUT2D eigenvalue weighted by Gasteiger charge is -2.33. The van der Waals surface area contributed by atoms with Gasteiger partial charge in [0.25, 0.3) is 0 Å². The molecule has 0 spiro atoms. The van der Waals surface area contributed by atoms with E-state index >= 15 is 0 Å². The molecule has 0 fully saturated rings. The minimum absolute atomic E-state index is 0.246. The van der Waals surface area contributed by atoms with Crippen LogP contribution in [0.4, 0.5) is 0 Å². The largest absolute Gasteiger partial charge is 0.307 e. The highest BCUT2D eigenvalue weighted by Gasteiger charge is 2.26. The predicted octanol–water partition coefficient (Wildman–Crippen LogP) is 2.90. The first kappa shape index (κ1) is 12.9. The van der Waals surface area contributed by atoms with Crippen molar-refractivity contribution >= 4 is 32.7 Å². The molecule has 1 aliphatic rings. The lowest BCUT2D eigenvalue weighted by molar-refractivity contribution is 0.200. The van der Waals surface area contributed by atoms with Crippen LogP contribution in [0.25, 0.3) is 0 Å². The maximum atomic E-state index is 6.19. The number of rotatable bonds is 2. The topological polar surface area (TPSA) is 18.8 Å². The molecule has 0 saturated heterocycles. The lowest BCUT2D eigenvalue weighted by atomic mass is 9.99. The smallest absolute Gasteiger partial charge is 0.156 e. The Labute approximate surface area is 115 Å². The zero-order valence-corrected chi connectivity index (χ0v) is 12.5. The van der Waals surface area contributed by atoms with Crippen molar-refractivity contribution in [2.75, 3.05) is 27.7 Å². The van der Waals surface area contributed by atoms with Crippen LogP contribution in [0, 0.1) is 0 Å². The standard InChI is InChI=1S/C12H15BrClN3/c1-16(2)7-11-9-5-4-8(13)6-10(9)12(14)15-17(11)3/h4-6,11H,7H2,1-3H3. The summed E-state index contributed by atoms with van der Waals surface area (Å²) in [5, 5.41) is 6.85. The molecule has 5 heteroatoms. The second kappa shape index (κ2) is 4.96. The molecule has 1 heterocycles. The summed E-state index contributed by atoms with van der Waals surface area (Å²) in [6, 6.07) is 6.43. The van der Waals surface area contributed by atoms with Gasteiger partial charge in [-0.3, -0.25) is 5.01 Å². The molecule has 3 nitrogen and oxygen atoms in total. The van der Waals surface area contributed by atoms with Crippen LogP contribution in [-0.2, 0) is 0 Å². The number of halogens is 2. The molecule has 0 aromatic heterocycles. The van der Waals surface area contributed by atoms with Crippen molar-refractivity contribution in [2.45, 2.75) is 6.04 Å². The van der Waals surface area contributed by atoms with E-state index in [-0.39, 0.29) is 6.04 Å². The molecule has 2 rings (SSSR count). The molecule has 0 bridgehead atoms. The average Bonchev–Trinajstić information content (AvgIpc) is 2.24. The van der Waals surface area contributed by atoms with Crippen LogP contribution < -0.4 is 0 Å². The van der Waals surface area contributed by atoms with Gasteiger partial charge in [-0.25, -0.2) is 0 Å². The molecule has 0 saturated carbocycles. The Morgan fingerprint density at radius 3 is 2.82 bits per heavy atom. The van der Waals surface area contributed by atoms with Gasteiger partial charge in [-0.1, -0.05) is 33.6 Å². The molecule has 17 heavy (non-hydrogen) atoms. The SMILES string of the molecule is CN(C)CC1c2ccc(Br)cc2C(Cl)=NN1C. The first-order valence-electron chi connectivity index (χ1n) is 5.40. The average molecular weight is 317 g/mol. The summed E-state index contributed by atoms with van der Waals surface area (Å²) in [4.78, 5) is 2.15. The molecular formula is C12H15BrClN3. The van der Waals surface area contributed by atoms with Crippen LogP contribution in [0.3, 0.4) is 0 Å². The molecular weight excluding hydrogens is 302 g/mol. The van der Waals surface area contributed by atoms with Gasteiger partial charge in [0.2, 0.25) is 0 Å². The van der Waals surface area contributed by atoms with Crippen molar-refractivity contribution in [1.29, 1.82) is 0 Å². The summed E-state index contributed by atoms with van der Waals surface area (Å²) in [6.45, 7) is 0.915. The van der Waals surface area contributed by atoms with Gasteiger partial charge in [-0.05, 0) is 31.8 Å². The highest BCUT2D eigenvalue weighted by Crippen LogP contribution is 2.32. The minimum atomic E-state index is 0.246. The van der Waals surface area contributed by atoms with Gasteiger partial charge in [0.05, 0.1) is 6.04 Å². The second-order valence-electron chi connectivity index (χ2n) is 4.47. The van der Waals surface area contributed by atoms with Crippen molar-refractivity contribution in [3.05, 3.63) is 33.8 Å². The molecule has 0 aliphatic carbocycles. The number of likely N-dealkylation sites (N-methyl/N-ethyl adjacent to an activating group) is 2. The van der Waals surface area contributed by atoms with Crippen molar-refractivity contribution in [3.63, 3.8) is 0 Å². The summed E-state index contributed by atoms with van der Waals surface area (Å²) >= 11 is 9.66. The maximum Gasteiger partial charge on any atom is 0.156 e. The van der Waals surface area contributed by atoms with Crippen LogP contribution >= 0.6 is 27.5 Å². The van der Waals surface area contributed by atoms with E-state index in [0.717, 1.165) is 16.6 Å². The lowest BCUT2D eigenvalue weighted by Crippen LogP contribution is -2.34.